The van der Waals surface area contributed by atoms with Crippen LogP contribution in [0.3, 0.4) is 0 Å². The van der Waals surface area contributed by atoms with E-state index in [1.54, 1.807) is 18.5 Å². The average Bonchev–Trinajstić information content (AvgIpc) is 3.07. The van der Waals surface area contributed by atoms with Crippen molar-refractivity contribution in [3.63, 3.8) is 0 Å². The van der Waals surface area contributed by atoms with Gasteiger partial charge in [-0.1, -0.05) is 32.0 Å². The summed E-state index contributed by atoms with van der Waals surface area (Å²) in [5.41, 5.74) is 0.213. The number of rotatable bonds is 5. The Hall–Kier alpha value is -1.80. The Morgan fingerprint density at radius 1 is 1.24 bits per heavy atom. The highest BCUT2D eigenvalue weighted by atomic mass is 32.2. The van der Waals surface area contributed by atoms with Crippen molar-refractivity contribution >= 4 is 10.0 Å². The van der Waals surface area contributed by atoms with E-state index in [-0.39, 0.29) is 23.3 Å². The number of sulfonamides is 1. The van der Waals surface area contributed by atoms with E-state index < -0.39 is 15.8 Å². The minimum atomic E-state index is -3.52. The molecule has 0 unspecified atom stereocenters. The molecule has 0 aliphatic carbocycles. The van der Waals surface area contributed by atoms with Gasteiger partial charge in [-0.15, -0.1) is 10.2 Å². The lowest BCUT2D eigenvalue weighted by Gasteiger charge is -2.32. The van der Waals surface area contributed by atoms with Crippen LogP contribution in [-0.2, 0) is 15.8 Å². The van der Waals surface area contributed by atoms with E-state index in [4.69, 9.17) is 0 Å². The van der Waals surface area contributed by atoms with E-state index in [2.05, 4.69) is 28.6 Å². The highest BCUT2D eigenvalue weighted by Gasteiger charge is 2.30. The van der Waals surface area contributed by atoms with Crippen molar-refractivity contribution in [1.29, 1.82) is 0 Å². The quantitative estimate of drug-likeness (QED) is 0.816. The summed E-state index contributed by atoms with van der Waals surface area (Å²) < 4.78 is 42.5. The number of nitrogens with zero attached hydrogens (tertiary/aromatic N) is 4. The fourth-order valence-electron chi connectivity index (χ4n) is 3.25. The zero-order valence-corrected chi connectivity index (χ0v) is 15.3. The molecule has 3 rings (SSSR count). The molecule has 6 nitrogen and oxygen atoms in total. The summed E-state index contributed by atoms with van der Waals surface area (Å²) >= 11 is 0. The van der Waals surface area contributed by atoms with Gasteiger partial charge in [0.2, 0.25) is 10.0 Å². The molecule has 0 saturated carbocycles. The molecule has 1 aliphatic heterocycles. The minimum Gasteiger partial charge on any atom is -0.314 e. The van der Waals surface area contributed by atoms with Crippen molar-refractivity contribution < 1.29 is 12.8 Å². The smallest absolute Gasteiger partial charge is 0.218 e. The number of piperidine rings is 1. The third-order valence-electron chi connectivity index (χ3n) is 4.62. The van der Waals surface area contributed by atoms with E-state index >= 15 is 0 Å². The first-order valence-corrected chi connectivity index (χ1v) is 10.1. The molecule has 8 heteroatoms. The van der Waals surface area contributed by atoms with Crippen molar-refractivity contribution in [1.82, 2.24) is 19.1 Å². The first-order chi connectivity index (χ1) is 11.9. The molecule has 0 spiro atoms. The van der Waals surface area contributed by atoms with Gasteiger partial charge in [0.05, 0.1) is 5.75 Å². The molecule has 0 N–H and O–H groups in total. The monoisotopic (exact) mass is 366 g/mol. The number of hydrogen-bond acceptors (Lipinski definition) is 4. The second-order valence-corrected chi connectivity index (χ2v) is 8.70. The van der Waals surface area contributed by atoms with Crippen LogP contribution >= 0.6 is 0 Å². The molecular formula is C17H23FN4O2S. The third kappa shape index (κ3) is 3.90. The van der Waals surface area contributed by atoms with Crippen molar-refractivity contribution in [3.8, 4) is 0 Å². The van der Waals surface area contributed by atoms with Gasteiger partial charge < -0.3 is 4.57 Å². The second kappa shape index (κ2) is 7.21. The van der Waals surface area contributed by atoms with Crippen LogP contribution < -0.4 is 0 Å². The van der Waals surface area contributed by atoms with Gasteiger partial charge in [-0.3, -0.25) is 0 Å². The van der Waals surface area contributed by atoms with Gasteiger partial charge >= 0.3 is 0 Å². The third-order valence-corrected chi connectivity index (χ3v) is 6.45. The Morgan fingerprint density at radius 3 is 2.56 bits per heavy atom. The van der Waals surface area contributed by atoms with Crippen LogP contribution in [0.1, 0.15) is 50.0 Å². The summed E-state index contributed by atoms with van der Waals surface area (Å²) in [6, 6.07) is 6.22. The number of benzene rings is 1. The zero-order valence-electron chi connectivity index (χ0n) is 14.5. The molecule has 1 saturated heterocycles. The summed E-state index contributed by atoms with van der Waals surface area (Å²) in [6.07, 6.45) is 3.13. The summed E-state index contributed by atoms with van der Waals surface area (Å²) in [6.45, 7) is 4.98. The summed E-state index contributed by atoms with van der Waals surface area (Å²) in [7, 11) is -3.52. The van der Waals surface area contributed by atoms with Crippen LogP contribution in [0.4, 0.5) is 4.39 Å². The van der Waals surface area contributed by atoms with Gasteiger partial charge in [-0.2, -0.15) is 0 Å². The van der Waals surface area contributed by atoms with Gasteiger partial charge in [0.1, 0.15) is 18.0 Å². The van der Waals surface area contributed by atoms with Gasteiger partial charge in [0.15, 0.2) is 0 Å². The average molecular weight is 366 g/mol. The standard InChI is InChI=1S/C17H23FN4O2S/c1-13(2)17-20-19-12-22(17)15-7-9-21(10-8-15)25(23,24)11-14-5-3-4-6-16(14)18/h3-6,12-13,15H,7-11H2,1-2H3. The normalized spacial score (nSPS) is 17.3. The van der Waals surface area contributed by atoms with E-state index in [0.717, 1.165) is 5.82 Å². The molecular weight excluding hydrogens is 343 g/mol. The predicted octanol–water partition coefficient (Wildman–Crippen LogP) is 2.71. The molecule has 1 aliphatic rings. The first kappa shape index (κ1) is 18.0. The number of halogens is 1. The van der Waals surface area contributed by atoms with Gasteiger partial charge in [0.25, 0.3) is 0 Å². The summed E-state index contributed by atoms with van der Waals surface area (Å²) in [5.74, 6) is 0.416. The largest absolute Gasteiger partial charge is 0.314 e. The van der Waals surface area contributed by atoms with E-state index in [1.165, 1.54) is 16.4 Å². The molecule has 0 atom stereocenters. The maximum absolute atomic E-state index is 13.8. The molecule has 2 heterocycles. The van der Waals surface area contributed by atoms with E-state index in [0.29, 0.717) is 25.9 Å². The maximum Gasteiger partial charge on any atom is 0.218 e. The molecule has 1 aromatic carbocycles. The highest BCUT2D eigenvalue weighted by Crippen LogP contribution is 2.28. The molecule has 1 aromatic heterocycles. The molecule has 25 heavy (non-hydrogen) atoms. The van der Waals surface area contributed by atoms with Crippen LogP contribution in [0, 0.1) is 5.82 Å². The van der Waals surface area contributed by atoms with Crippen LogP contribution in [-0.4, -0.2) is 40.6 Å². The first-order valence-electron chi connectivity index (χ1n) is 8.49. The van der Waals surface area contributed by atoms with Crippen LogP contribution in [0.25, 0.3) is 0 Å². The predicted molar refractivity (Wildman–Crippen MR) is 93.0 cm³/mol. The highest BCUT2D eigenvalue weighted by molar-refractivity contribution is 7.88. The molecule has 2 aromatic rings. The van der Waals surface area contributed by atoms with Crippen molar-refractivity contribution in [2.24, 2.45) is 0 Å². The lowest BCUT2D eigenvalue weighted by molar-refractivity contribution is 0.268. The molecule has 0 amide bonds. The van der Waals surface area contributed by atoms with E-state index in [9.17, 15) is 12.8 Å². The lowest BCUT2D eigenvalue weighted by Crippen LogP contribution is -2.40. The molecule has 0 radical (unpaired) electrons. The van der Waals surface area contributed by atoms with Gasteiger partial charge in [-0.05, 0) is 18.9 Å². The van der Waals surface area contributed by atoms with Gasteiger partial charge in [-0.25, -0.2) is 17.1 Å². The summed E-state index contributed by atoms with van der Waals surface area (Å²) in [4.78, 5) is 0. The van der Waals surface area contributed by atoms with Crippen molar-refractivity contribution in [2.45, 2.75) is 44.4 Å². The fourth-order valence-corrected chi connectivity index (χ4v) is 4.82. The van der Waals surface area contributed by atoms with Crippen LogP contribution in [0.15, 0.2) is 30.6 Å². The Kier molecular flexibility index (Phi) is 5.19. The molecule has 136 valence electrons. The molecule has 1 fully saturated rings. The maximum atomic E-state index is 13.8. The second-order valence-electron chi connectivity index (χ2n) is 6.73. The Morgan fingerprint density at radius 2 is 1.92 bits per heavy atom. The van der Waals surface area contributed by atoms with Crippen molar-refractivity contribution in [3.05, 3.63) is 47.8 Å². The Balaban J connectivity index is 1.67. The van der Waals surface area contributed by atoms with Crippen LogP contribution in [0.5, 0.6) is 0 Å². The SMILES string of the molecule is CC(C)c1nncn1C1CCN(S(=O)(=O)Cc2ccccc2F)CC1. The minimum absolute atomic E-state index is 0.201. The fraction of sp³-hybridized carbons (Fsp3) is 0.529. The number of hydrogen-bond donors (Lipinski definition) is 0. The zero-order chi connectivity index (χ0) is 18.0. The summed E-state index contributed by atoms with van der Waals surface area (Å²) in [5, 5.41) is 8.15. The van der Waals surface area contributed by atoms with Crippen LogP contribution in [0.2, 0.25) is 0 Å². The molecule has 0 bridgehead atoms. The number of aromatic nitrogens is 3. The topological polar surface area (TPSA) is 68.1 Å². The lowest BCUT2D eigenvalue weighted by atomic mass is 10.1. The van der Waals surface area contributed by atoms with E-state index in [1.807, 2.05) is 0 Å². The van der Waals surface area contributed by atoms with Crippen molar-refractivity contribution in [2.75, 3.05) is 13.1 Å². The Labute approximate surface area is 147 Å². The van der Waals surface area contributed by atoms with Gasteiger partial charge in [0, 0.05) is 30.6 Å². The Bertz CT molecular complexity index is 827.